The van der Waals surface area contributed by atoms with E-state index < -0.39 is 6.17 Å². The molecule has 0 bridgehead atoms. The highest BCUT2D eigenvalue weighted by atomic mass is 19.1. The van der Waals surface area contributed by atoms with Crippen LogP contribution in [0.5, 0.6) is 0 Å². The van der Waals surface area contributed by atoms with E-state index in [9.17, 15) is 4.39 Å². The van der Waals surface area contributed by atoms with Crippen LogP contribution in [0.1, 0.15) is 33.1 Å². The number of halogens is 1. The summed E-state index contributed by atoms with van der Waals surface area (Å²) >= 11 is 0. The molecular formula is C15H27FN2. The van der Waals surface area contributed by atoms with Crippen LogP contribution in [-0.2, 0) is 0 Å². The van der Waals surface area contributed by atoms with Crippen LogP contribution >= 0.6 is 0 Å². The first-order chi connectivity index (χ1) is 8.49. The van der Waals surface area contributed by atoms with Crippen molar-refractivity contribution >= 4 is 0 Å². The van der Waals surface area contributed by atoms with Crippen LogP contribution in [0.3, 0.4) is 0 Å². The topological polar surface area (TPSA) is 15.3 Å². The molecule has 0 aromatic rings. The Kier molecular flexibility index (Phi) is 6.41. The normalized spacial score (nSPS) is 25.8. The average molecular weight is 254 g/mol. The standard InChI is InChI=1S/C15H27FN2/c1-12(2)7-5-6-8-13(3)17-15-9-10-18(4)11-14(15)16/h6,8,12,14-15,17H,3,5,7,9-11H2,1-2,4H3/b8-6-/t14-,15+/m0/s1. The molecule has 0 aromatic carbocycles. The summed E-state index contributed by atoms with van der Waals surface area (Å²) in [5, 5.41) is 3.19. The lowest BCUT2D eigenvalue weighted by molar-refractivity contribution is 0.128. The van der Waals surface area contributed by atoms with Crippen LogP contribution in [0.4, 0.5) is 4.39 Å². The van der Waals surface area contributed by atoms with Gasteiger partial charge in [-0.1, -0.05) is 26.5 Å². The summed E-state index contributed by atoms with van der Waals surface area (Å²) in [6.45, 7) is 9.83. The van der Waals surface area contributed by atoms with E-state index in [4.69, 9.17) is 0 Å². The predicted molar refractivity (Wildman–Crippen MR) is 76.3 cm³/mol. The van der Waals surface area contributed by atoms with E-state index in [1.807, 2.05) is 18.0 Å². The molecule has 0 aromatic heterocycles. The third kappa shape index (κ3) is 5.67. The summed E-state index contributed by atoms with van der Waals surface area (Å²) < 4.78 is 13.8. The first-order valence-electron chi connectivity index (χ1n) is 6.93. The predicted octanol–water partition coefficient (Wildman–Crippen LogP) is 3.12. The van der Waals surface area contributed by atoms with Crippen molar-refractivity contribution in [2.24, 2.45) is 5.92 Å². The van der Waals surface area contributed by atoms with Gasteiger partial charge in [0.05, 0.1) is 6.04 Å². The zero-order chi connectivity index (χ0) is 13.5. The fraction of sp³-hybridized carbons (Fsp3) is 0.733. The van der Waals surface area contributed by atoms with Crippen LogP contribution in [0.25, 0.3) is 0 Å². The van der Waals surface area contributed by atoms with Gasteiger partial charge in [-0.15, -0.1) is 0 Å². The first-order valence-corrected chi connectivity index (χ1v) is 6.93. The Balaban J connectivity index is 2.27. The van der Waals surface area contributed by atoms with Crippen molar-refractivity contribution in [2.45, 2.75) is 45.3 Å². The monoisotopic (exact) mass is 254 g/mol. The van der Waals surface area contributed by atoms with E-state index in [1.54, 1.807) is 0 Å². The Morgan fingerprint density at radius 2 is 2.28 bits per heavy atom. The minimum atomic E-state index is -0.801. The molecule has 2 nitrogen and oxygen atoms in total. The fourth-order valence-electron chi connectivity index (χ4n) is 2.16. The van der Waals surface area contributed by atoms with E-state index >= 15 is 0 Å². The number of allylic oxidation sites excluding steroid dienone is 2. The highest BCUT2D eigenvalue weighted by Gasteiger charge is 2.27. The van der Waals surface area contributed by atoms with Gasteiger partial charge in [0.15, 0.2) is 0 Å². The molecule has 1 aliphatic rings. The molecule has 0 unspecified atom stereocenters. The van der Waals surface area contributed by atoms with Gasteiger partial charge in [-0.05, 0) is 38.3 Å². The number of rotatable bonds is 6. The maximum atomic E-state index is 13.8. The van der Waals surface area contributed by atoms with Crippen LogP contribution in [0, 0.1) is 5.92 Å². The highest BCUT2D eigenvalue weighted by Crippen LogP contribution is 2.14. The molecule has 0 saturated carbocycles. The van der Waals surface area contributed by atoms with E-state index in [2.05, 4.69) is 31.8 Å². The second-order valence-corrected chi connectivity index (χ2v) is 5.72. The molecule has 0 spiro atoms. The van der Waals surface area contributed by atoms with Gasteiger partial charge < -0.3 is 10.2 Å². The van der Waals surface area contributed by atoms with Crippen LogP contribution in [0.2, 0.25) is 0 Å². The van der Waals surface area contributed by atoms with Gasteiger partial charge in [0.1, 0.15) is 6.17 Å². The third-order valence-corrected chi connectivity index (χ3v) is 3.35. The zero-order valence-electron chi connectivity index (χ0n) is 12.0. The largest absolute Gasteiger partial charge is 0.380 e. The molecule has 1 rings (SSSR count). The summed E-state index contributed by atoms with van der Waals surface area (Å²) in [5.74, 6) is 0.722. The number of likely N-dealkylation sites (tertiary alicyclic amines) is 1. The van der Waals surface area contributed by atoms with Crippen molar-refractivity contribution in [2.75, 3.05) is 20.1 Å². The Hall–Kier alpha value is -0.830. The van der Waals surface area contributed by atoms with Crippen LogP contribution < -0.4 is 5.32 Å². The number of nitrogens with zero attached hydrogens (tertiary/aromatic N) is 1. The van der Waals surface area contributed by atoms with Gasteiger partial charge in [0.25, 0.3) is 0 Å². The van der Waals surface area contributed by atoms with Crippen molar-refractivity contribution < 1.29 is 4.39 Å². The number of alkyl halides is 1. The lowest BCUT2D eigenvalue weighted by Gasteiger charge is -2.33. The van der Waals surface area contributed by atoms with E-state index in [0.717, 1.165) is 31.0 Å². The van der Waals surface area contributed by atoms with Gasteiger partial charge in [-0.25, -0.2) is 4.39 Å². The number of hydrogen-bond donors (Lipinski definition) is 1. The van der Waals surface area contributed by atoms with Crippen molar-refractivity contribution in [1.29, 1.82) is 0 Å². The zero-order valence-corrected chi connectivity index (χ0v) is 12.0. The molecule has 3 heteroatoms. The van der Waals surface area contributed by atoms with Crippen LogP contribution in [0.15, 0.2) is 24.4 Å². The van der Waals surface area contributed by atoms with Crippen LogP contribution in [-0.4, -0.2) is 37.3 Å². The second-order valence-electron chi connectivity index (χ2n) is 5.72. The molecule has 0 amide bonds. The highest BCUT2D eigenvalue weighted by molar-refractivity contribution is 5.14. The van der Waals surface area contributed by atoms with Gasteiger partial charge in [0, 0.05) is 18.8 Å². The van der Waals surface area contributed by atoms with Crippen molar-refractivity contribution in [3.05, 3.63) is 24.4 Å². The van der Waals surface area contributed by atoms with E-state index in [-0.39, 0.29) is 6.04 Å². The maximum Gasteiger partial charge on any atom is 0.133 e. The Morgan fingerprint density at radius 1 is 1.56 bits per heavy atom. The molecule has 1 heterocycles. The minimum Gasteiger partial charge on any atom is -0.380 e. The molecule has 0 radical (unpaired) electrons. The van der Waals surface area contributed by atoms with Gasteiger partial charge in [-0.3, -0.25) is 0 Å². The molecule has 18 heavy (non-hydrogen) atoms. The van der Waals surface area contributed by atoms with Crippen molar-refractivity contribution in [3.63, 3.8) is 0 Å². The summed E-state index contributed by atoms with van der Waals surface area (Å²) in [4.78, 5) is 2.03. The molecule has 1 N–H and O–H groups in total. The lowest BCUT2D eigenvalue weighted by atomic mass is 10.0. The average Bonchev–Trinajstić information content (AvgIpc) is 2.28. The second kappa shape index (κ2) is 7.57. The molecule has 2 atom stereocenters. The first kappa shape index (κ1) is 15.2. The minimum absolute atomic E-state index is 0.0801. The summed E-state index contributed by atoms with van der Waals surface area (Å²) in [7, 11) is 1.96. The SMILES string of the molecule is C=C(/C=C\CCC(C)C)N[C@@H]1CCN(C)C[C@@H]1F. The fourth-order valence-corrected chi connectivity index (χ4v) is 2.16. The summed E-state index contributed by atoms with van der Waals surface area (Å²) in [6.07, 6.45) is 6.39. The number of hydrogen-bond acceptors (Lipinski definition) is 2. The van der Waals surface area contributed by atoms with Crippen molar-refractivity contribution in [1.82, 2.24) is 10.2 Å². The third-order valence-electron chi connectivity index (χ3n) is 3.35. The van der Waals surface area contributed by atoms with Gasteiger partial charge in [0.2, 0.25) is 0 Å². The molecule has 0 aliphatic carbocycles. The van der Waals surface area contributed by atoms with Crippen molar-refractivity contribution in [3.8, 4) is 0 Å². The molecule has 1 saturated heterocycles. The molecular weight excluding hydrogens is 227 g/mol. The van der Waals surface area contributed by atoms with E-state index in [1.165, 1.54) is 6.42 Å². The Labute approximate surface area is 111 Å². The number of nitrogens with one attached hydrogen (secondary N) is 1. The smallest absolute Gasteiger partial charge is 0.133 e. The summed E-state index contributed by atoms with van der Waals surface area (Å²) in [5.41, 5.74) is 0.830. The quantitative estimate of drug-likeness (QED) is 0.733. The summed E-state index contributed by atoms with van der Waals surface area (Å²) in [6, 6.07) is -0.0801. The molecule has 1 aliphatic heterocycles. The number of piperidine rings is 1. The van der Waals surface area contributed by atoms with Gasteiger partial charge in [-0.2, -0.15) is 0 Å². The Morgan fingerprint density at radius 3 is 2.89 bits per heavy atom. The van der Waals surface area contributed by atoms with Gasteiger partial charge >= 0.3 is 0 Å². The molecule has 104 valence electrons. The Bertz CT molecular complexity index is 286. The lowest BCUT2D eigenvalue weighted by Crippen LogP contribution is -2.48. The maximum absolute atomic E-state index is 13.8. The molecule has 1 fully saturated rings. The van der Waals surface area contributed by atoms with E-state index in [0.29, 0.717) is 6.54 Å².